The quantitative estimate of drug-likeness (QED) is 0.734. The minimum Gasteiger partial charge on any atom is -0.356 e. The van der Waals surface area contributed by atoms with Gasteiger partial charge in [0.2, 0.25) is 5.91 Å². The number of nitrogens with zero attached hydrogens (tertiary/aromatic N) is 1. The SMILES string of the molecule is Cl.Cl.O=C(CCCc1nc2ccccc2s1)NCCC1CCCNC1. The first-order chi connectivity index (χ1) is 11.3. The van der Waals surface area contributed by atoms with Crippen molar-refractivity contribution >= 4 is 52.3 Å². The monoisotopic (exact) mass is 403 g/mol. The van der Waals surface area contributed by atoms with Gasteiger partial charge in [0.25, 0.3) is 0 Å². The Kier molecular flexibility index (Phi) is 10.4. The molecule has 2 aromatic rings. The predicted molar refractivity (Wildman–Crippen MR) is 110 cm³/mol. The van der Waals surface area contributed by atoms with Gasteiger partial charge in [-0.2, -0.15) is 0 Å². The standard InChI is InChI=1S/C18H25N3OS.2ClH/c22-17(20-12-10-14-5-4-11-19-13-14)8-3-9-18-21-15-6-1-2-7-16(15)23-18;;/h1-2,6-7,14,19H,3-5,8-13H2,(H,20,22);2*1H. The van der Waals surface area contributed by atoms with Crippen LogP contribution in [0.3, 0.4) is 0 Å². The molecule has 1 aromatic heterocycles. The average molecular weight is 404 g/mol. The number of hydrogen-bond acceptors (Lipinski definition) is 4. The summed E-state index contributed by atoms with van der Waals surface area (Å²) in [4.78, 5) is 16.5. The summed E-state index contributed by atoms with van der Waals surface area (Å²) >= 11 is 1.74. The number of benzene rings is 1. The zero-order valence-electron chi connectivity index (χ0n) is 14.3. The van der Waals surface area contributed by atoms with Crippen LogP contribution in [0.2, 0.25) is 0 Å². The number of nitrogens with one attached hydrogen (secondary N) is 2. The van der Waals surface area contributed by atoms with Gasteiger partial charge in [-0.05, 0) is 63.2 Å². The van der Waals surface area contributed by atoms with Crippen molar-refractivity contribution in [1.82, 2.24) is 15.6 Å². The van der Waals surface area contributed by atoms with Gasteiger partial charge in [0, 0.05) is 13.0 Å². The van der Waals surface area contributed by atoms with E-state index >= 15 is 0 Å². The number of hydrogen-bond donors (Lipinski definition) is 2. The van der Waals surface area contributed by atoms with E-state index in [1.54, 1.807) is 11.3 Å². The number of halogens is 2. The molecule has 1 amide bonds. The third kappa shape index (κ3) is 7.10. The molecule has 0 aliphatic carbocycles. The summed E-state index contributed by atoms with van der Waals surface area (Å²) in [5, 5.41) is 7.61. The highest BCUT2D eigenvalue weighted by Crippen LogP contribution is 2.22. The minimum atomic E-state index is 0. The van der Waals surface area contributed by atoms with Crippen LogP contribution in [0, 0.1) is 5.92 Å². The highest BCUT2D eigenvalue weighted by atomic mass is 35.5. The molecule has 3 rings (SSSR count). The molecule has 0 spiro atoms. The van der Waals surface area contributed by atoms with Crippen LogP contribution in [0.4, 0.5) is 0 Å². The predicted octanol–water partition coefficient (Wildman–Crippen LogP) is 3.97. The van der Waals surface area contributed by atoms with Crippen molar-refractivity contribution in [3.8, 4) is 0 Å². The van der Waals surface area contributed by atoms with Gasteiger partial charge in [-0.15, -0.1) is 36.2 Å². The lowest BCUT2D eigenvalue weighted by atomic mass is 9.96. The normalized spacial score (nSPS) is 16.7. The Morgan fingerprint density at radius 2 is 2.16 bits per heavy atom. The van der Waals surface area contributed by atoms with Crippen molar-refractivity contribution in [3.63, 3.8) is 0 Å². The highest BCUT2D eigenvalue weighted by Gasteiger charge is 2.12. The van der Waals surface area contributed by atoms with Crippen molar-refractivity contribution in [1.29, 1.82) is 0 Å². The minimum absolute atomic E-state index is 0. The third-order valence-electron chi connectivity index (χ3n) is 4.41. The molecule has 1 fully saturated rings. The Bertz CT molecular complexity index is 611. The number of carbonyl (C=O) groups excluding carboxylic acids is 1. The van der Waals surface area contributed by atoms with Crippen molar-refractivity contribution in [2.75, 3.05) is 19.6 Å². The van der Waals surface area contributed by atoms with Gasteiger partial charge in [-0.1, -0.05) is 12.1 Å². The van der Waals surface area contributed by atoms with E-state index in [-0.39, 0.29) is 30.7 Å². The fourth-order valence-corrected chi connectivity index (χ4v) is 4.11. The Morgan fingerprint density at radius 3 is 2.92 bits per heavy atom. The summed E-state index contributed by atoms with van der Waals surface area (Å²) in [6.07, 6.45) is 6.01. The first-order valence-electron chi connectivity index (χ1n) is 8.63. The molecule has 2 heterocycles. The molecule has 1 aliphatic rings. The highest BCUT2D eigenvalue weighted by molar-refractivity contribution is 7.18. The largest absolute Gasteiger partial charge is 0.356 e. The Labute approximate surface area is 166 Å². The fraction of sp³-hybridized carbons (Fsp3) is 0.556. The number of carbonyl (C=O) groups is 1. The third-order valence-corrected chi connectivity index (χ3v) is 5.50. The molecule has 1 saturated heterocycles. The van der Waals surface area contributed by atoms with Crippen molar-refractivity contribution in [2.45, 2.75) is 38.5 Å². The van der Waals surface area contributed by atoms with Crippen LogP contribution in [-0.4, -0.2) is 30.5 Å². The van der Waals surface area contributed by atoms with Gasteiger partial charge in [0.15, 0.2) is 0 Å². The molecule has 1 aromatic carbocycles. The molecule has 0 radical (unpaired) electrons. The van der Waals surface area contributed by atoms with Gasteiger partial charge >= 0.3 is 0 Å². The molecule has 4 nitrogen and oxygen atoms in total. The number of rotatable bonds is 7. The van der Waals surface area contributed by atoms with Crippen LogP contribution in [0.1, 0.15) is 37.1 Å². The second-order valence-electron chi connectivity index (χ2n) is 6.28. The van der Waals surface area contributed by atoms with Gasteiger partial charge in [0.1, 0.15) is 0 Å². The van der Waals surface area contributed by atoms with Gasteiger partial charge < -0.3 is 10.6 Å². The molecule has 140 valence electrons. The average Bonchev–Trinajstić information content (AvgIpc) is 2.98. The topological polar surface area (TPSA) is 54.0 Å². The molecular weight excluding hydrogens is 377 g/mol. The number of amides is 1. The summed E-state index contributed by atoms with van der Waals surface area (Å²) in [5.74, 6) is 0.904. The zero-order chi connectivity index (χ0) is 15.9. The summed E-state index contributed by atoms with van der Waals surface area (Å²) in [7, 11) is 0. The van der Waals surface area contributed by atoms with E-state index in [9.17, 15) is 4.79 Å². The summed E-state index contributed by atoms with van der Waals surface area (Å²) in [6.45, 7) is 3.06. The van der Waals surface area contributed by atoms with Crippen LogP contribution in [-0.2, 0) is 11.2 Å². The molecule has 25 heavy (non-hydrogen) atoms. The Morgan fingerprint density at radius 1 is 1.32 bits per heavy atom. The van der Waals surface area contributed by atoms with E-state index in [0.717, 1.165) is 55.3 Å². The molecule has 0 saturated carbocycles. The van der Waals surface area contributed by atoms with Crippen molar-refractivity contribution < 1.29 is 4.79 Å². The van der Waals surface area contributed by atoms with Crippen LogP contribution < -0.4 is 10.6 Å². The number of piperidine rings is 1. The lowest BCUT2D eigenvalue weighted by Gasteiger charge is -2.22. The smallest absolute Gasteiger partial charge is 0.220 e. The molecule has 1 unspecified atom stereocenters. The Hall–Kier alpha value is -0.880. The molecule has 1 aliphatic heterocycles. The van der Waals surface area contributed by atoms with Gasteiger partial charge in [0.05, 0.1) is 15.2 Å². The number of fused-ring (bicyclic) bond motifs is 1. The van der Waals surface area contributed by atoms with Crippen LogP contribution in [0.15, 0.2) is 24.3 Å². The van der Waals surface area contributed by atoms with Gasteiger partial charge in [-0.3, -0.25) is 4.79 Å². The number of para-hydroxylation sites is 1. The number of aryl methyl sites for hydroxylation is 1. The lowest BCUT2D eigenvalue weighted by molar-refractivity contribution is -0.121. The maximum absolute atomic E-state index is 11.9. The summed E-state index contributed by atoms with van der Waals surface area (Å²) in [5.41, 5.74) is 1.07. The van der Waals surface area contributed by atoms with E-state index < -0.39 is 0 Å². The second-order valence-corrected chi connectivity index (χ2v) is 7.40. The molecular formula is C18H27Cl2N3OS. The van der Waals surface area contributed by atoms with E-state index in [2.05, 4.69) is 21.7 Å². The first kappa shape index (κ1) is 22.2. The van der Waals surface area contributed by atoms with Gasteiger partial charge in [-0.25, -0.2) is 4.98 Å². The summed E-state index contributed by atoms with van der Waals surface area (Å²) in [6, 6.07) is 8.20. The number of aromatic nitrogens is 1. The van der Waals surface area contributed by atoms with E-state index in [0.29, 0.717) is 6.42 Å². The molecule has 2 N–H and O–H groups in total. The van der Waals surface area contributed by atoms with Crippen LogP contribution in [0.5, 0.6) is 0 Å². The Balaban J connectivity index is 0.00000156. The zero-order valence-corrected chi connectivity index (χ0v) is 16.8. The lowest BCUT2D eigenvalue weighted by Crippen LogP contribution is -2.33. The fourth-order valence-electron chi connectivity index (χ4n) is 3.10. The number of thiazole rings is 1. The van der Waals surface area contributed by atoms with E-state index in [1.165, 1.54) is 17.5 Å². The van der Waals surface area contributed by atoms with E-state index in [1.807, 2.05) is 18.2 Å². The molecule has 1 atom stereocenters. The van der Waals surface area contributed by atoms with Crippen molar-refractivity contribution in [2.24, 2.45) is 5.92 Å². The second kappa shape index (κ2) is 11.7. The molecule has 7 heteroatoms. The first-order valence-corrected chi connectivity index (χ1v) is 9.45. The van der Waals surface area contributed by atoms with Crippen LogP contribution in [0.25, 0.3) is 10.2 Å². The van der Waals surface area contributed by atoms with Crippen LogP contribution >= 0.6 is 36.2 Å². The molecule has 0 bridgehead atoms. The van der Waals surface area contributed by atoms with E-state index in [4.69, 9.17) is 0 Å². The summed E-state index contributed by atoms with van der Waals surface area (Å²) < 4.78 is 1.23. The maximum atomic E-state index is 11.9. The van der Waals surface area contributed by atoms with Crippen molar-refractivity contribution in [3.05, 3.63) is 29.3 Å². The maximum Gasteiger partial charge on any atom is 0.220 e.